The first-order chi connectivity index (χ1) is 19.0. The molecule has 12 heteroatoms. The molecule has 1 aliphatic heterocycles. The van der Waals surface area contributed by atoms with Crippen LogP contribution in [0, 0.1) is 5.92 Å². The van der Waals surface area contributed by atoms with Gasteiger partial charge in [-0.2, -0.15) is 13.2 Å². The average molecular weight is 562 g/mol. The topological polar surface area (TPSA) is 128 Å². The minimum absolute atomic E-state index is 0.0598. The summed E-state index contributed by atoms with van der Waals surface area (Å²) in [6, 6.07) is 3.30. The molecule has 5 N–H and O–H groups in total. The van der Waals surface area contributed by atoms with Crippen LogP contribution in [0.15, 0.2) is 29.4 Å². The van der Waals surface area contributed by atoms with Crippen molar-refractivity contribution in [3.05, 3.63) is 46.8 Å². The van der Waals surface area contributed by atoms with Gasteiger partial charge in [0.2, 0.25) is 5.91 Å². The molecule has 1 aromatic carbocycles. The van der Waals surface area contributed by atoms with Gasteiger partial charge in [-0.15, -0.1) is 0 Å². The number of carbonyl (C=O) groups excluding carboxylic acids is 2. The average Bonchev–Trinajstić information content (AvgIpc) is 3.63. The Balaban J connectivity index is 1.35. The minimum Gasteiger partial charge on any atom is -0.493 e. The van der Waals surface area contributed by atoms with Gasteiger partial charge < -0.3 is 30.8 Å². The summed E-state index contributed by atoms with van der Waals surface area (Å²) in [6.07, 6.45) is 2.01. The van der Waals surface area contributed by atoms with E-state index >= 15 is 0 Å². The molecule has 2 atom stereocenters. The monoisotopic (exact) mass is 561 g/mol. The molecule has 2 aromatic rings. The van der Waals surface area contributed by atoms with E-state index in [1.165, 1.54) is 25.5 Å². The van der Waals surface area contributed by atoms with Crippen molar-refractivity contribution in [2.45, 2.75) is 82.3 Å². The second-order valence-electron chi connectivity index (χ2n) is 11.1. The number of hydrogen-bond donors (Lipinski definition) is 5. The van der Waals surface area contributed by atoms with Crippen LogP contribution in [0.1, 0.15) is 79.6 Å². The van der Waals surface area contributed by atoms with E-state index in [1.807, 2.05) is 0 Å². The Morgan fingerprint density at radius 3 is 2.45 bits per heavy atom. The van der Waals surface area contributed by atoms with Crippen LogP contribution < -0.4 is 20.7 Å². The van der Waals surface area contributed by atoms with Crippen molar-refractivity contribution >= 4 is 23.8 Å². The zero-order chi connectivity index (χ0) is 28.7. The van der Waals surface area contributed by atoms with E-state index in [9.17, 15) is 27.9 Å². The molecule has 0 radical (unpaired) electrons. The fourth-order valence-corrected chi connectivity index (χ4v) is 5.30. The van der Waals surface area contributed by atoms with Crippen molar-refractivity contribution in [3.8, 4) is 5.75 Å². The van der Waals surface area contributed by atoms with Crippen LogP contribution in [0.4, 0.5) is 18.9 Å². The number of carbonyl (C=O) groups is 2. The first-order valence-electron chi connectivity index (χ1n) is 13.6. The summed E-state index contributed by atoms with van der Waals surface area (Å²) >= 11 is 0. The van der Waals surface area contributed by atoms with Gasteiger partial charge in [0, 0.05) is 23.8 Å². The van der Waals surface area contributed by atoms with Gasteiger partial charge in [0.1, 0.15) is 23.1 Å². The minimum atomic E-state index is -4.54. The highest BCUT2D eigenvalue weighted by Gasteiger charge is 2.41. The number of aromatic nitrogens is 1. The molecule has 2 saturated carbocycles. The predicted octanol–water partition coefficient (Wildman–Crippen LogP) is 3.89. The molecule has 40 heavy (non-hydrogen) atoms. The molecule has 5 rings (SSSR count). The number of rotatable bonds is 8. The van der Waals surface area contributed by atoms with Gasteiger partial charge in [0.05, 0.1) is 29.8 Å². The predicted molar refractivity (Wildman–Crippen MR) is 142 cm³/mol. The number of ether oxygens (including phenoxy) is 1. The zero-order valence-corrected chi connectivity index (χ0v) is 22.4. The lowest BCUT2D eigenvalue weighted by Gasteiger charge is -2.34. The lowest BCUT2D eigenvalue weighted by molar-refractivity contribution is -0.137. The van der Waals surface area contributed by atoms with Crippen LogP contribution in [0.3, 0.4) is 0 Å². The van der Waals surface area contributed by atoms with E-state index in [-0.39, 0.29) is 23.6 Å². The highest BCUT2D eigenvalue weighted by atomic mass is 19.4. The summed E-state index contributed by atoms with van der Waals surface area (Å²) < 4.78 is 47.0. The van der Waals surface area contributed by atoms with Crippen molar-refractivity contribution in [2.24, 2.45) is 10.9 Å². The molecule has 9 nitrogen and oxygen atoms in total. The maximum absolute atomic E-state index is 13.7. The van der Waals surface area contributed by atoms with Gasteiger partial charge in [-0.05, 0) is 76.5 Å². The SMILES string of the molecule is C[C@H](O)C(=O)N[C@H]1CC[C@@H](NC(=O)c2c[nH]c3c2N=CNC3(C)c2cc(C(F)(F)F)ccc2OCC2CC2)CC1. The fraction of sp³-hybridized carbons (Fsp3) is 0.536. The van der Waals surface area contributed by atoms with Crippen LogP contribution in [0.5, 0.6) is 5.75 Å². The van der Waals surface area contributed by atoms with Crippen molar-refractivity contribution < 1.29 is 32.6 Å². The van der Waals surface area contributed by atoms with E-state index in [1.54, 1.807) is 6.92 Å². The number of hydrogen-bond acceptors (Lipinski definition) is 6. The van der Waals surface area contributed by atoms with Crippen molar-refractivity contribution in [2.75, 3.05) is 6.61 Å². The van der Waals surface area contributed by atoms with Crippen LogP contribution in [-0.4, -0.2) is 53.0 Å². The third kappa shape index (κ3) is 5.81. The maximum Gasteiger partial charge on any atom is 0.416 e. The molecule has 0 spiro atoms. The molecule has 0 bridgehead atoms. The Hall–Kier alpha value is -3.54. The van der Waals surface area contributed by atoms with E-state index in [0.29, 0.717) is 60.9 Å². The van der Waals surface area contributed by atoms with E-state index in [4.69, 9.17) is 4.74 Å². The molecule has 1 unspecified atom stereocenters. The number of nitrogens with zero attached hydrogens (tertiary/aromatic N) is 1. The second-order valence-corrected chi connectivity index (χ2v) is 11.1. The number of aliphatic imine (C=N–C) groups is 1. The summed E-state index contributed by atoms with van der Waals surface area (Å²) in [5.74, 6) is -0.00613. The lowest BCUT2D eigenvalue weighted by Crippen LogP contribution is -2.46. The third-order valence-corrected chi connectivity index (χ3v) is 7.95. The Morgan fingerprint density at radius 2 is 1.82 bits per heavy atom. The number of amides is 2. The van der Waals surface area contributed by atoms with Crippen LogP contribution in [-0.2, 0) is 16.5 Å². The Bertz CT molecular complexity index is 1300. The number of H-pyrrole nitrogens is 1. The Morgan fingerprint density at radius 1 is 1.15 bits per heavy atom. The van der Waals surface area contributed by atoms with E-state index in [2.05, 4.69) is 25.9 Å². The quantitative estimate of drug-likeness (QED) is 0.334. The molecule has 216 valence electrons. The van der Waals surface area contributed by atoms with Gasteiger partial charge in [0.15, 0.2) is 0 Å². The van der Waals surface area contributed by atoms with Gasteiger partial charge in [-0.25, -0.2) is 4.99 Å². The summed E-state index contributed by atoms with van der Waals surface area (Å²) in [6.45, 7) is 3.58. The lowest BCUT2D eigenvalue weighted by atomic mass is 9.85. The third-order valence-electron chi connectivity index (χ3n) is 7.95. The smallest absolute Gasteiger partial charge is 0.416 e. The first-order valence-corrected chi connectivity index (χ1v) is 13.6. The second kappa shape index (κ2) is 10.8. The maximum atomic E-state index is 13.7. The van der Waals surface area contributed by atoms with E-state index in [0.717, 1.165) is 25.0 Å². The molecular weight excluding hydrogens is 527 g/mol. The number of benzene rings is 1. The fourth-order valence-electron chi connectivity index (χ4n) is 5.30. The van der Waals surface area contributed by atoms with Crippen molar-refractivity contribution in [1.29, 1.82) is 0 Å². The normalized spacial score (nSPS) is 24.9. The number of fused-ring (bicyclic) bond motifs is 1. The first kappa shape index (κ1) is 28.0. The molecular formula is C28H34F3N5O4. The number of alkyl halides is 3. The Kier molecular flexibility index (Phi) is 7.56. The number of aliphatic hydroxyl groups is 1. The standard InChI is InChI=1S/C28H34F3N5O4/c1-15(37)25(38)35-18-6-8-19(9-7-18)36-26(39)20-12-32-24-23(20)33-14-34-27(24,2)21-11-17(28(29,30)31)5-10-22(21)40-13-16-3-4-16/h5,10-12,14-16,18-19,32,37H,3-4,6-9,13H2,1-2H3,(H,33,34)(H,35,38)(H,36,39)/t15-,18-,19+,27?/m0/s1. The largest absolute Gasteiger partial charge is 0.493 e. The molecule has 1 aromatic heterocycles. The van der Waals surface area contributed by atoms with Gasteiger partial charge in [-0.3, -0.25) is 9.59 Å². The molecule has 2 amide bonds. The number of aromatic amines is 1. The molecule has 2 fully saturated rings. The summed E-state index contributed by atoms with van der Waals surface area (Å²) in [5, 5.41) is 18.3. The number of halogens is 3. The highest BCUT2D eigenvalue weighted by Crippen LogP contribution is 2.45. The van der Waals surface area contributed by atoms with Gasteiger partial charge >= 0.3 is 6.18 Å². The van der Waals surface area contributed by atoms with Gasteiger partial charge in [-0.1, -0.05) is 0 Å². The summed E-state index contributed by atoms with van der Waals surface area (Å²) in [4.78, 5) is 32.5. The van der Waals surface area contributed by atoms with E-state index < -0.39 is 29.3 Å². The number of aliphatic hydroxyl groups excluding tert-OH is 1. The number of nitrogens with one attached hydrogen (secondary N) is 4. The Labute approximate surface area is 230 Å². The molecule has 2 aliphatic carbocycles. The summed E-state index contributed by atoms with van der Waals surface area (Å²) in [7, 11) is 0. The molecule has 2 heterocycles. The zero-order valence-electron chi connectivity index (χ0n) is 22.4. The van der Waals surface area contributed by atoms with Crippen LogP contribution in [0.2, 0.25) is 0 Å². The van der Waals surface area contributed by atoms with Crippen LogP contribution >= 0.6 is 0 Å². The molecule has 3 aliphatic rings. The summed E-state index contributed by atoms with van der Waals surface area (Å²) in [5.41, 5.74) is -0.575. The molecule has 0 saturated heterocycles. The highest BCUT2D eigenvalue weighted by molar-refractivity contribution is 6.01. The van der Waals surface area contributed by atoms with Crippen LogP contribution in [0.25, 0.3) is 0 Å². The van der Waals surface area contributed by atoms with Crippen molar-refractivity contribution in [3.63, 3.8) is 0 Å². The van der Waals surface area contributed by atoms with Crippen molar-refractivity contribution in [1.82, 2.24) is 20.9 Å². The van der Waals surface area contributed by atoms with Gasteiger partial charge in [0.25, 0.3) is 5.91 Å².